The number of aromatic nitrogens is 3. The van der Waals surface area contributed by atoms with Crippen molar-refractivity contribution in [3.8, 4) is 23.5 Å². The molecule has 3 heterocycles. The van der Waals surface area contributed by atoms with Crippen molar-refractivity contribution >= 4 is 27.8 Å². The van der Waals surface area contributed by atoms with Crippen molar-refractivity contribution in [2.24, 2.45) is 0 Å². The molecule has 4 rings (SSSR count). The molecule has 0 saturated carbocycles. The molecule has 0 spiro atoms. The molecular weight excluding hydrogens is 524 g/mol. The molecule has 1 saturated heterocycles. The molecule has 1 amide bonds. The SMILES string of the molecule is COc1nc(N2CCN(C(=O)c3ccc(OC(F)F)c(C#Cc4ccccn4)c3)CC2)ncc1Br. The molecule has 1 fully saturated rings. The van der Waals surface area contributed by atoms with Gasteiger partial charge in [-0.15, -0.1) is 0 Å². The predicted octanol–water partition coefficient (Wildman–Crippen LogP) is 3.61. The average molecular weight is 544 g/mol. The molecule has 0 unspecified atom stereocenters. The Morgan fingerprint density at radius 2 is 1.91 bits per heavy atom. The molecule has 180 valence electrons. The predicted molar refractivity (Wildman–Crippen MR) is 128 cm³/mol. The Labute approximate surface area is 209 Å². The Morgan fingerprint density at radius 3 is 2.60 bits per heavy atom. The lowest BCUT2D eigenvalue weighted by atomic mass is 10.1. The number of halogens is 3. The second-order valence-electron chi connectivity index (χ2n) is 7.36. The number of methoxy groups -OCH3 is 1. The number of hydrogen-bond acceptors (Lipinski definition) is 7. The summed E-state index contributed by atoms with van der Waals surface area (Å²) in [6.07, 6.45) is 3.20. The van der Waals surface area contributed by atoms with E-state index in [2.05, 4.69) is 47.5 Å². The highest BCUT2D eigenvalue weighted by molar-refractivity contribution is 9.10. The van der Waals surface area contributed by atoms with Crippen LogP contribution in [0.5, 0.6) is 11.6 Å². The van der Waals surface area contributed by atoms with E-state index in [1.165, 1.54) is 25.3 Å². The van der Waals surface area contributed by atoms with Crippen LogP contribution >= 0.6 is 15.9 Å². The number of nitrogens with zero attached hydrogens (tertiary/aromatic N) is 5. The first-order chi connectivity index (χ1) is 16.9. The molecule has 0 N–H and O–H groups in total. The molecule has 2 aromatic heterocycles. The van der Waals surface area contributed by atoms with Crippen molar-refractivity contribution < 1.29 is 23.0 Å². The van der Waals surface area contributed by atoms with Gasteiger partial charge in [0.2, 0.25) is 11.8 Å². The first-order valence-electron chi connectivity index (χ1n) is 10.6. The number of alkyl halides is 2. The van der Waals surface area contributed by atoms with Crippen LogP contribution in [0.25, 0.3) is 0 Å². The third kappa shape index (κ3) is 6.02. The Kier molecular flexibility index (Phi) is 7.72. The largest absolute Gasteiger partial charge is 0.480 e. The lowest BCUT2D eigenvalue weighted by molar-refractivity contribution is -0.0500. The molecule has 1 aromatic carbocycles. The smallest absolute Gasteiger partial charge is 0.387 e. The zero-order valence-electron chi connectivity index (χ0n) is 18.6. The summed E-state index contributed by atoms with van der Waals surface area (Å²) in [5.74, 6) is 6.21. The first kappa shape index (κ1) is 24.3. The van der Waals surface area contributed by atoms with Gasteiger partial charge in [-0.25, -0.2) is 9.97 Å². The van der Waals surface area contributed by atoms with Crippen molar-refractivity contribution in [1.82, 2.24) is 19.9 Å². The average Bonchev–Trinajstić information content (AvgIpc) is 2.88. The van der Waals surface area contributed by atoms with Gasteiger partial charge >= 0.3 is 6.61 Å². The van der Waals surface area contributed by atoms with Crippen LogP contribution in [0.2, 0.25) is 0 Å². The van der Waals surface area contributed by atoms with E-state index < -0.39 is 6.61 Å². The van der Waals surface area contributed by atoms with Crippen LogP contribution in [0.4, 0.5) is 14.7 Å². The van der Waals surface area contributed by atoms with E-state index in [0.717, 1.165) is 0 Å². The number of piperazine rings is 1. The molecule has 8 nitrogen and oxygen atoms in total. The molecule has 35 heavy (non-hydrogen) atoms. The van der Waals surface area contributed by atoms with Gasteiger partial charge in [0.25, 0.3) is 5.91 Å². The number of hydrogen-bond donors (Lipinski definition) is 0. The minimum absolute atomic E-state index is 0.105. The van der Waals surface area contributed by atoms with Crippen molar-refractivity contribution in [1.29, 1.82) is 0 Å². The van der Waals surface area contributed by atoms with E-state index in [0.29, 0.717) is 53.7 Å². The van der Waals surface area contributed by atoms with Crippen molar-refractivity contribution in [2.45, 2.75) is 6.61 Å². The van der Waals surface area contributed by atoms with Crippen molar-refractivity contribution in [2.75, 3.05) is 38.2 Å². The molecule has 0 atom stereocenters. The number of amides is 1. The van der Waals surface area contributed by atoms with E-state index in [1.54, 1.807) is 35.5 Å². The maximum absolute atomic E-state index is 13.1. The molecule has 11 heteroatoms. The van der Waals surface area contributed by atoms with E-state index in [9.17, 15) is 13.6 Å². The summed E-state index contributed by atoms with van der Waals surface area (Å²) in [6, 6.07) is 9.46. The zero-order chi connectivity index (χ0) is 24.8. The number of anilines is 1. The number of benzene rings is 1. The summed E-state index contributed by atoms with van der Waals surface area (Å²) in [4.78, 5) is 29.6. The van der Waals surface area contributed by atoms with Gasteiger partial charge in [0, 0.05) is 37.9 Å². The lowest BCUT2D eigenvalue weighted by Crippen LogP contribution is -2.49. The number of ether oxygens (including phenoxy) is 2. The Morgan fingerprint density at radius 1 is 1.11 bits per heavy atom. The fourth-order valence-electron chi connectivity index (χ4n) is 3.46. The number of pyridine rings is 1. The van der Waals surface area contributed by atoms with Crippen LogP contribution in [0.3, 0.4) is 0 Å². The van der Waals surface area contributed by atoms with Crippen LogP contribution in [0.15, 0.2) is 53.3 Å². The van der Waals surface area contributed by atoms with E-state index in [4.69, 9.17) is 4.74 Å². The summed E-state index contributed by atoms with van der Waals surface area (Å²) in [6.45, 7) is -1.10. The van der Waals surface area contributed by atoms with Gasteiger partial charge in [-0.3, -0.25) is 4.79 Å². The topological polar surface area (TPSA) is 80.7 Å². The fraction of sp³-hybridized carbons (Fsp3) is 0.250. The van der Waals surface area contributed by atoms with Gasteiger partial charge in [-0.1, -0.05) is 12.0 Å². The van der Waals surface area contributed by atoms with Crippen LogP contribution in [-0.2, 0) is 0 Å². The minimum atomic E-state index is -3.01. The highest BCUT2D eigenvalue weighted by atomic mass is 79.9. The van der Waals surface area contributed by atoms with Crippen molar-refractivity contribution in [3.63, 3.8) is 0 Å². The number of carbonyl (C=O) groups excluding carboxylic acids is 1. The van der Waals surface area contributed by atoms with Gasteiger partial charge in [0.1, 0.15) is 11.4 Å². The maximum Gasteiger partial charge on any atom is 0.387 e. The summed E-state index contributed by atoms with van der Waals surface area (Å²) >= 11 is 3.33. The lowest BCUT2D eigenvalue weighted by Gasteiger charge is -2.34. The standard InChI is InChI=1S/C24H20BrF2N5O3/c1-34-21-19(25)15-29-24(30-21)32-12-10-31(11-13-32)22(33)17-6-8-20(35-23(26)27)16(14-17)5-7-18-4-2-3-9-28-18/h2-4,6,8-9,14-15,23H,10-13H2,1H3. The Bertz CT molecular complexity index is 1260. The van der Waals surface area contributed by atoms with Crippen LogP contribution in [0.1, 0.15) is 21.6 Å². The normalized spacial score (nSPS) is 13.3. The molecule has 0 radical (unpaired) electrons. The highest BCUT2D eigenvalue weighted by Crippen LogP contribution is 2.25. The maximum atomic E-state index is 13.1. The highest BCUT2D eigenvalue weighted by Gasteiger charge is 2.25. The third-order valence-corrected chi connectivity index (χ3v) is 5.72. The Hall–Kier alpha value is -3.78. The molecule has 1 aliphatic heterocycles. The van der Waals surface area contributed by atoms with Gasteiger partial charge < -0.3 is 19.3 Å². The minimum Gasteiger partial charge on any atom is -0.480 e. The molecule has 0 aliphatic carbocycles. The van der Waals surface area contributed by atoms with Gasteiger partial charge in [0.05, 0.1) is 23.3 Å². The number of rotatable bonds is 5. The summed E-state index contributed by atoms with van der Waals surface area (Å²) < 4.78 is 36.2. The zero-order valence-corrected chi connectivity index (χ0v) is 20.2. The van der Waals surface area contributed by atoms with Crippen LogP contribution in [-0.4, -0.2) is 65.7 Å². The summed E-state index contributed by atoms with van der Waals surface area (Å²) in [5.41, 5.74) is 0.970. The van der Waals surface area contributed by atoms with E-state index in [-0.39, 0.29) is 17.2 Å². The third-order valence-electron chi connectivity index (χ3n) is 5.17. The quantitative estimate of drug-likeness (QED) is 0.455. The van der Waals surface area contributed by atoms with Gasteiger partial charge in [-0.05, 0) is 52.2 Å². The van der Waals surface area contributed by atoms with Crippen molar-refractivity contribution in [3.05, 3.63) is 70.1 Å². The molecule has 1 aliphatic rings. The van der Waals surface area contributed by atoms with E-state index >= 15 is 0 Å². The molecule has 0 bridgehead atoms. The van der Waals surface area contributed by atoms with E-state index in [1.807, 2.05) is 4.90 Å². The monoisotopic (exact) mass is 543 g/mol. The number of carbonyl (C=O) groups is 1. The molecular formula is C24H20BrF2N5O3. The molecule has 3 aromatic rings. The first-order valence-corrected chi connectivity index (χ1v) is 11.4. The summed E-state index contributed by atoms with van der Waals surface area (Å²) in [7, 11) is 1.53. The second-order valence-corrected chi connectivity index (χ2v) is 8.22. The van der Waals surface area contributed by atoms with Crippen LogP contribution < -0.4 is 14.4 Å². The van der Waals surface area contributed by atoms with Crippen LogP contribution in [0, 0.1) is 11.8 Å². The van der Waals surface area contributed by atoms with Gasteiger partial charge in [-0.2, -0.15) is 13.8 Å². The Balaban J connectivity index is 1.50. The fourth-order valence-corrected chi connectivity index (χ4v) is 3.81. The van der Waals surface area contributed by atoms with Gasteiger partial charge in [0.15, 0.2) is 0 Å². The summed E-state index contributed by atoms with van der Waals surface area (Å²) in [5, 5.41) is 0. The second kappa shape index (κ2) is 11.1.